The lowest BCUT2D eigenvalue weighted by Gasteiger charge is -2.49. The van der Waals surface area contributed by atoms with Gasteiger partial charge in [-0.15, -0.1) is 0 Å². The highest BCUT2D eigenvalue weighted by atomic mass is 16.4. The van der Waals surface area contributed by atoms with Crippen LogP contribution in [0, 0.1) is 0 Å². The quantitative estimate of drug-likeness (QED) is 0.0648. The Morgan fingerprint density at radius 3 is 1.19 bits per heavy atom. The highest BCUT2D eigenvalue weighted by molar-refractivity contribution is 5.78. The fourth-order valence-corrected chi connectivity index (χ4v) is 5.91. The molecule has 0 aliphatic rings. The van der Waals surface area contributed by atoms with Gasteiger partial charge >= 0.3 is 17.9 Å². The van der Waals surface area contributed by atoms with E-state index in [0.717, 1.165) is 32.1 Å². The molecule has 0 aromatic heterocycles. The van der Waals surface area contributed by atoms with Gasteiger partial charge in [0.15, 0.2) is 18.1 Å². The molecule has 7 nitrogen and oxygen atoms in total. The van der Waals surface area contributed by atoms with Crippen molar-refractivity contribution in [2.75, 3.05) is 6.54 Å². The summed E-state index contributed by atoms with van der Waals surface area (Å²) in [6.45, 7) is 7.60. The number of carboxylic acid groups (broad SMARTS) is 3. The smallest absolute Gasteiger partial charge is 0.362 e. The van der Waals surface area contributed by atoms with E-state index in [1.54, 1.807) is 20.8 Å². The minimum atomic E-state index is -1.12. The van der Waals surface area contributed by atoms with Gasteiger partial charge in [-0.2, -0.15) is 0 Å². The molecule has 0 aliphatic heterocycles. The van der Waals surface area contributed by atoms with Gasteiger partial charge in [0.25, 0.3) is 0 Å². The van der Waals surface area contributed by atoms with Crippen molar-refractivity contribution in [3.8, 4) is 0 Å². The molecule has 0 bridgehead atoms. The fourth-order valence-electron chi connectivity index (χ4n) is 5.91. The maximum absolute atomic E-state index is 12.2. The zero-order valence-corrected chi connectivity index (χ0v) is 24.1. The van der Waals surface area contributed by atoms with Crippen molar-refractivity contribution in [2.24, 2.45) is 0 Å². The molecule has 0 aromatic rings. The van der Waals surface area contributed by atoms with Gasteiger partial charge in [-0.05, 0) is 38.5 Å². The normalized spacial score (nSPS) is 15.8. The Balaban J connectivity index is 4.82. The summed E-state index contributed by atoms with van der Waals surface area (Å²) in [5, 5.41) is 30.0. The molecule has 0 amide bonds. The molecule has 0 saturated carbocycles. The second kappa shape index (κ2) is 21.1. The summed E-state index contributed by atoms with van der Waals surface area (Å²) in [5.74, 6) is -3.37. The Morgan fingerprint density at radius 2 is 0.865 bits per heavy atom. The van der Waals surface area contributed by atoms with Gasteiger partial charge in [0.2, 0.25) is 0 Å². The maximum atomic E-state index is 12.2. The number of hydrogen-bond donors (Lipinski definition) is 3. The van der Waals surface area contributed by atoms with Crippen molar-refractivity contribution < 1.29 is 34.2 Å². The van der Waals surface area contributed by atoms with Crippen LogP contribution in [0.2, 0.25) is 0 Å². The Hall–Kier alpha value is -1.89. The first-order valence-corrected chi connectivity index (χ1v) is 14.9. The van der Waals surface area contributed by atoms with E-state index in [1.807, 2.05) is 0 Å². The molecular formula is C30H56NO6+. The third-order valence-electron chi connectivity index (χ3n) is 7.81. The fraction of sp³-hybridized carbons (Fsp3) is 0.833. The van der Waals surface area contributed by atoms with Crippen molar-refractivity contribution in [3.63, 3.8) is 0 Å². The van der Waals surface area contributed by atoms with Crippen LogP contribution in [0.5, 0.6) is 0 Å². The Kier molecular flexibility index (Phi) is 20.0. The van der Waals surface area contributed by atoms with Gasteiger partial charge in [0, 0.05) is 19.3 Å². The summed E-state index contributed by atoms with van der Waals surface area (Å²) in [6, 6.07) is -3.20. The molecule has 3 unspecified atom stereocenters. The van der Waals surface area contributed by atoms with Crippen molar-refractivity contribution in [1.29, 1.82) is 0 Å². The molecule has 0 aromatic carbocycles. The Bertz CT molecular complexity index is 607. The second-order valence-electron chi connectivity index (χ2n) is 10.4. The van der Waals surface area contributed by atoms with E-state index in [2.05, 4.69) is 19.1 Å². The summed E-state index contributed by atoms with van der Waals surface area (Å²) in [4.78, 5) is 36.7. The number of allylic oxidation sites excluding steroid dienone is 2. The highest BCUT2D eigenvalue weighted by Crippen LogP contribution is 2.32. The summed E-state index contributed by atoms with van der Waals surface area (Å²) >= 11 is 0. The minimum absolute atomic E-state index is 0.187. The lowest BCUT2D eigenvalue weighted by Crippen LogP contribution is -2.72. The van der Waals surface area contributed by atoms with E-state index < -0.39 is 40.5 Å². The van der Waals surface area contributed by atoms with Crippen LogP contribution in [0.25, 0.3) is 0 Å². The van der Waals surface area contributed by atoms with Gasteiger partial charge in [-0.1, -0.05) is 91.2 Å². The average molecular weight is 527 g/mol. The topological polar surface area (TPSA) is 112 Å². The lowest BCUT2D eigenvalue weighted by atomic mass is 9.94. The molecule has 0 spiro atoms. The van der Waals surface area contributed by atoms with Crippen LogP contribution in [0.3, 0.4) is 0 Å². The van der Waals surface area contributed by atoms with Crippen molar-refractivity contribution in [2.45, 2.75) is 155 Å². The summed E-state index contributed by atoms with van der Waals surface area (Å²) in [7, 11) is 0. The third kappa shape index (κ3) is 12.5. The molecule has 3 N–H and O–H groups in total. The molecular weight excluding hydrogens is 470 g/mol. The minimum Gasteiger partial charge on any atom is -0.477 e. The largest absolute Gasteiger partial charge is 0.477 e. The zero-order valence-electron chi connectivity index (χ0n) is 24.1. The van der Waals surface area contributed by atoms with Gasteiger partial charge in [-0.25, -0.2) is 14.4 Å². The molecule has 0 rings (SSSR count). The summed E-state index contributed by atoms with van der Waals surface area (Å²) in [6.07, 6.45) is 21.2. The van der Waals surface area contributed by atoms with E-state index in [4.69, 9.17) is 0 Å². The standard InChI is InChI=1S/C30H55NO6/c1-5-9-10-11-12-13-14-15-16-17-18-19-20-21-22-23-24-31(25(6-2)28(32)33,26(7-3)29(34)35)27(8-4)30(36)37/h17-18,25-27H,5-16,19-24H2,1-4H3,(H2-,32,33,34,35,36,37)/p+1/b18-17+. The molecule has 0 saturated heterocycles. The third-order valence-corrected chi connectivity index (χ3v) is 7.81. The van der Waals surface area contributed by atoms with Crippen LogP contribution < -0.4 is 0 Å². The van der Waals surface area contributed by atoms with Crippen molar-refractivity contribution >= 4 is 17.9 Å². The van der Waals surface area contributed by atoms with Crippen LogP contribution >= 0.6 is 0 Å². The van der Waals surface area contributed by atoms with Crippen LogP contribution in [0.15, 0.2) is 12.2 Å². The van der Waals surface area contributed by atoms with E-state index in [-0.39, 0.29) is 25.8 Å². The number of nitrogens with zero attached hydrogens (tertiary/aromatic N) is 1. The van der Waals surface area contributed by atoms with Crippen molar-refractivity contribution in [3.05, 3.63) is 12.2 Å². The average Bonchev–Trinajstić information content (AvgIpc) is 2.84. The van der Waals surface area contributed by atoms with E-state index in [9.17, 15) is 29.7 Å². The number of carbonyl (C=O) groups is 3. The Labute approximate surface area is 225 Å². The number of aliphatic carboxylic acids is 3. The first-order chi connectivity index (χ1) is 17.7. The molecule has 37 heavy (non-hydrogen) atoms. The van der Waals surface area contributed by atoms with Crippen LogP contribution in [0.1, 0.15) is 137 Å². The highest BCUT2D eigenvalue weighted by Gasteiger charge is 2.55. The molecule has 0 heterocycles. The number of quaternary nitrogens is 1. The first kappa shape index (κ1) is 35.1. The second-order valence-corrected chi connectivity index (χ2v) is 10.4. The Morgan fingerprint density at radius 1 is 0.541 bits per heavy atom. The monoisotopic (exact) mass is 526 g/mol. The molecule has 3 atom stereocenters. The van der Waals surface area contributed by atoms with E-state index >= 15 is 0 Å². The van der Waals surface area contributed by atoms with Gasteiger partial charge in [0.05, 0.1) is 6.54 Å². The zero-order chi connectivity index (χ0) is 28.1. The molecule has 0 radical (unpaired) electrons. The predicted molar refractivity (Wildman–Crippen MR) is 150 cm³/mol. The lowest BCUT2D eigenvalue weighted by molar-refractivity contribution is -0.973. The van der Waals surface area contributed by atoms with Crippen LogP contribution in [-0.4, -0.2) is 62.4 Å². The van der Waals surface area contributed by atoms with Crippen molar-refractivity contribution in [1.82, 2.24) is 0 Å². The summed E-state index contributed by atoms with van der Waals surface area (Å²) < 4.78 is -0.415. The molecule has 0 aliphatic carbocycles. The van der Waals surface area contributed by atoms with Gasteiger partial charge in [0.1, 0.15) is 0 Å². The number of unbranched alkanes of at least 4 members (excludes halogenated alkanes) is 12. The SMILES string of the molecule is CCCCCCCCCC/C=C/CCCCCC[N+](C(CC)C(=O)O)(C(CC)C(=O)O)C(CC)C(=O)O. The summed E-state index contributed by atoms with van der Waals surface area (Å²) in [5.41, 5.74) is 0. The predicted octanol–water partition coefficient (Wildman–Crippen LogP) is 7.43. The molecule has 7 heteroatoms. The van der Waals surface area contributed by atoms with E-state index in [1.165, 1.54) is 51.4 Å². The van der Waals surface area contributed by atoms with Crippen LogP contribution in [0.4, 0.5) is 0 Å². The molecule has 216 valence electrons. The maximum Gasteiger partial charge on any atom is 0.362 e. The van der Waals surface area contributed by atoms with Gasteiger partial charge in [-0.3, -0.25) is 4.48 Å². The number of rotatable bonds is 25. The first-order valence-electron chi connectivity index (χ1n) is 14.9. The van der Waals surface area contributed by atoms with Gasteiger partial charge < -0.3 is 15.3 Å². The number of carboxylic acids is 3. The number of hydrogen-bond acceptors (Lipinski definition) is 3. The van der Waals surface area contributed by atoms with E-state index in [0.29, 0.717) is 6.42 Å². The molecule has 0 fully saturated rings. The van der Waals surface area contributed by atoms with Crippen LogP contribution in [-0.2, 0) is 14.4 Å².